The van der Waals surface area contributed by atoms with Crippen LogP contribution in [-0.2, 0) is 6.42 Å². The molecule has 0 amide bonds. The Morgan fingerprint density at radius 1 is 1.15 bits per heavy atom. The third-order valence-corrected chi connectivity index (χ3v) is 4.43. The Balaban J connectivity index is 2.38. The Morgan fingerprint density at radius 3 is 2.60 bits per heavy atom. The van der Waals surface area contributed by atoms with E-state index in [0.717, 1.165) is 4.90 Å². The highest BCUT2D eigenvalue weighted by Gasteiger charge is 2.12. The third kappa shape index (κ3) is 3.62. The Labute approximate surface area is 124 Å². The normalized spacial score (nSPS) is 12.4. The van der Waals surface area contributed by atoms with E-state index >= 15 is 0 Å². The molecule has 0 aliphatic carbocycles. The van der Waals surface area contributed by atoms with Gasteiger partial charge in [0.2, 0.25) is 0 Å². The van der Waals surface area contributed by atoms with Gasteiger partial charge in [-0.15, -0.1) is 0 Å². The van der Waals surface area contributed by atoms with Gasteiger partial charge in [0.25, 0.3) is 0 Å². The van der Waals surface area contributed by atoms with Gasteiger partial charge in [0.1, 0.15) is 5.82 Å². The summed E-state index contributed by atoms with van der Waals surface area (Å²) < 4.78 is 14.0. The van der Waals surface area contributed by atoms with Gasteiger partial charge in [0.15, 0.2) is 0 Å². The monoisotopic (exact) mass is 289 g/mol. The molecule has 106 valence electrons. The lowest BCUT2D eigenvalue weighted by Gasteiger charge is -2.13. The van der Waals surface area contributed by atoms with Crippen LogP contribution in [0.4, 0.5) is 4.39 Å². The van der Waals surface area contributed by atoms with Crippen molar-refractivity contribution < 1.29 is 4.39 Å². The topological polar surface area (TPSA) is 26.0 Å². The highest BCUT2D eigenvalue weighted by molar-refractivity contribution is 7.99. The van der Waals surface area contributed by atoms with Crippen LogP contribution in [0.1, 0.15) is 23.6 Å². The quantitative estimate of drug-likeness (QED) is 0.898. The molecule has 0 fully saturated rings. The first kappa shape index (κ1) is 15.1. The van der Waals surface area contributed by atoms with Gasteiger partial charge < -0.3 is 5.73 Å². The standard InChI is InChI=1S/C17H20FNS/c1-11-7-8-12(2)17(9-11)20-16-6-4-5-15(18)14(16)10-13(3)19/h4-9,13H,10,19H2,1-3H3. The second-order valence-electron chi connectivity index (χ2n) is 5.27. The van der Waals surface area contributed by atoms with Crippen molar-refractivity contribution in [2.75, 3.05) is 0 Å². The number of hydrogen-bond donors (Lipinski definition) is 1. The molecule has 0 aliphatic heterocycles. The van der Waals surface area contributed by atoms with E-state index in [0.29, 0.717) is 12.0 Å². The van der Waals surface area contributed by atoms with Crippen molar-refractivity contribution in [1.82, 2.24) is 0 Å². The lowest BCUT2D eigenvalue weighted by molar-refractivity contribution is 0.588. The first-order valence-corrected chi connectivity index (χ1v) is 7.57. The van der Waals surface area contributed by atoms with E-state index in [1.54, 1.807) is 17.8 Å². The van der Waals surface area contributed by atoms with Gasteiger partial charge >= 0.3 is 0 Å². The van der Waals surface area contributed by atoms with Crippen LogP contribution in [0, 0.1) is 19.7 Å². The Hall–Kier alpha value is -1.32. The van der Waals surface area contributed by atoms with E-state index in [9.17, 15) is 4.39 Å². The molecule has 0 saturated heterocycles. The van der Waals surface area contributed by atoms with E-state index in [4.69, 9.17) is 5.73 Å². The smallest absolute Gasteiger partial charge is 0.127 e. The Bertz CT molecular complexity index is 608. The molecule has 0 aromatic heterocycles. The first-order valence-electron chi connectivity index (χ1n) is 6.75. The number of aryl methyl sites for hydroxylation is 2. The fourth-order valence-electron chi connectivity index (χ4n) is 2.09. The summed E-state index contributed by atoms with van der Waals surface area (Å²) in [4.78, 5) is 2.12. The molecule has 1 nitrogen and oxygen atoms in total. The maximum atomic E-state index is 14.0. The SMILES string of the molecule is Cc1ccc(C)c(Sc2cccc(F)c2CC(C)N)c1. The molecular weight excluding hydrogens is 269 g/mol. The second-order valence-corrected chi connectivity index (χ2v) is 6.35. The van der Waals surface area contributed by atoms with Gasteiger partial charge in [0.05, 0.1) is 0 Å². The summed E-state index contributed by atoms with van der Waals surface area (Å²) in [6.45, 7) is 6.04. The van der Waals surface area contributed by atoms with Crippen molar-refractivity contribution >= 4 is 11.8 Å². The molecule has 2 aromatic carbocycles. The van der Waals surface area contributed by atoms with E-state index in [2.05, 4.69) is 32.0 Å². The summed E-state index contributed by atoms with van der Waals surface area (Å²) in [5.41, 5.74) is 8.97. The van der Waals surface area contributed by atoms with Crippen molar-refractivity contribution in [3.05, 3.63) is 58.9 Å². The molecule has 2 aromatic rings. The van der Waals surface area contributed by atoms with Crippen molar-refractivity contribution in [3.63, 3.8) is 0 Å². The van der Waals surface area contributed by atoms with Crippen LogP contribution < -0.4 is 5.73 Å². The fourth-order valence-corrected chi connectivity index (χ4v) is 3.25. The molecule has 0 saturated carbocycles. The van der Waals surface area contributed by atoms with Crippen LogP contribution in [0.25, 0.3) is 0 Å². The molecule has 0 spiro atoms. The minimum absolute atomic E-state index is 0.0511. The summed E-state index contributed by atoms with van der Waals surface area (Å²) in [5.74, 6) is -0.169. The van der Waals surface area contributed by atoms with Gasteiger partial charge in [-0.3, -0.25) is 0 Å². The van der Waals surface area contributed by atoms with Crippen LogP contribution in [0.3, 0.4) is 0 Å². The minimum Gasteiger partial charge on any atom is -0.328 e. The van der Waals surface area contributed by atoms with Crippen molar-refractivity contribution in [2.24, 2.45) is 5.73 Å². The predicted molar refractivity (Wildman–Crippen MR) is 83.8 cm³/mol. The maximum Gasteiger partial charge on any atom is 0.127 e. The average molecular weight is 289 g/mol. The van der Waals surface area contributed by atoms with Gasteiger partial charge in [-0.05, 0) is 56.5 Å². The molecule has 3 heteroatoms. The summed E-state index contributed by atoms with van der Waals surface area (Å²) in [5, 5.41) is 0. The zero-order valence-corrected chi connectivity index (χ0v) is 12.9. The first-order chi connectivity index (χ1) is 9.47. The van der Waals surface area contributed by atoms with Crippen LogP contribution in [-0.4, -0.2) is 6.04 Å². The molecule has 1 atom stereocenters. The molecule has 2 N–H and O–H groups in total. The Kier molecular flexibility index (Phi) is 4.84. The van der Waals surface area contributed by atoms with Gasteiger partial charge in [-0.1, -0.05) is 30.0 Å². The molecule has 0 bridgehead atoms. The lowest BCUT2D eigenvalue weighted by Crippen LogP contribution is -2.19. The maximum absolute atomic E-state index is 14.0. The number of rotatable bonds is 4. The largest absolute Gasteiger partial charge is 0.328 e. The number of halogens is 1. The molecule has 1 unspecified atom stereocenters. The molecular formula is C17H20FNS. The van der Waals surface area contributed by atoms with Crippen LogP contribution in [0.2, 0.25) is 0 Å². The number of benzene rings is 2. The zero-order chi connectivity index (χ0) is 14.7. The van der Waals surface area contributed by atoms with Crippen molar-refractivity contribution in [3.8, 4) is 0 Å². The third-order valence-electron chi connectivity index (χ3n) is 3.17. The second kappa shape index (κ2) is 6.42. The van der Waals surface area contributed by atoms with E-state index in [1.807, 2.05) is 13.0 Å². The summed E-state index contributed by atoms with van der Waals surface area (Å²) in [7, 11) is 0. The Morgan fingerprint density at radius 2 is 1.90 bits per heavy atom. The van der Waals surface area contributed by atoms with Crippen molar-refractivity contribution in [1.29, 1.82) is 0 Å². The molecule has 20 heavy (non-hydrogen) atoms. The fraction of sp³-hybridized carbons (Fsp3) is 0.294. The highest BCUT2D eigenvalue weighted by atomic mass is 32.2. The van der Waals surface area contributed by atoms with Gasteiger partial charge in [-0.25, -0.2) is 4.39 Å². The zero-order valence-electron chi connectivity index (χ0n) is 12.1. The predicted octanol–water partition coefficient (Wildman–Crippen LogP) is 4.48. The average Bonchev–Trinajstić information content (AvgIpc) is 2.37. The minimum atomic E-state index is -0.169. The van der Waals surface area contributed by atoms with Crippen LogP contribution in [0.5, 0.6) is 0 Å². The van der Waals surface area contributed by atoms with Crippen LogP contribution >= 0.6 is 11.8 Å². The van der Waals surface area contributed by atoms with Crippen molar-refractivity contribution in [2.45, 2.75) is 43.0 Å². The van der Waals surface area contributed by atoms with Gasteiger partial charge in [-0.2, -0.15) is 0 Å². The number of hydrogen-bond acceptors (Lipinski definition) is 2. The molecule has 0 radical (unpaired) electrons. The summed E-state index contributed by atoms with van der Waals surface area (Å²) in [6, 6.07) is 11.5. The highest BCUT2D eigenvalue weighted by Crippen LogP contribution is 2.34. The van der Waals surface area contributed by atoms with E-state index in [1.165, 1.54) is 22.1 Å². The molecule has 0 aliphatic rings. The van der Waals surface area contributed by atoms with E-state index < -0.39 is 0 Å². The molecule has 0 heterocycles. The summed E-state index contributed by atoms with van der Waals surface area (Å²) in [6.07, 6.45) is 0.555. The van der Waals surface area contributed by atoms with Crippen LogP contribution in [0.15, 0.2) is 46.2 Å². The summed E-state index contributed by atoms with van der Waals surface area (Å²) >= 11 is 1.62. The van der Waals surface area contributed by atoms with Gasteiger partial charge in [0, 0.05) is 21.4 Å². The van der Waals surface area contributed by atoms with E-state index in [-0.39, 0.29) is 11.9 Å². The lowest BCUT2D eigenvalue weighted by atomic mass is 10.1. The molecule has 2 rings (SSSR count). The number of nitrogens with two attached hydrogens (primary N) is 1.